The van der Waals surface area contributed by atoms with Crippen molar-refractivity contribution >= 4 is 17.7 Å². The molecule has 1 N–H and O–H groups in total. The van der Waals surface area contributed by atoms with Gasteiger partial charge >= 0.3 is 5.97 Å². The van der Waals surface area contributed by atoms with Gasteiger partial charge in [0.15, 0.2) is 12.4 Å². The van der Waals surface area contributed by atoms with Gasteiger partial charge in [-0.05, 0) is 50.5 Å². The number of ether oxygens (including phenoxy) is 1. The van der Waals surface area contributed by atoms with E-state index in [-0.39, 0.29) is 43.2 Å². The first-order chi connectivity index (χ1) is 17.6. The molecule has 196 valence electrons. The van der Waals surface area contributed by atoms with E-state index in [1.807, 2.05) is 58.0 Å². The average molecular weight is 508 g/mol. The number of Topliss-reactive ketones (excluding diaryl/α,β-unsaturated/α-hetero) is 1. The van der Waals surface area contributed by atoms with Crippen LogP contribution in [-0.4, -0.2) is 50.5 Å². The van der Waals surface area contributed by atoms with E-state index in [0.29, 0.717) is 29.4 Å². The molecule has 9 heteroatoms. The van der Waals surface area contributed by atoms with E-state index >= 15 is 0 Å². The van der Waals surface area contributed by atoms with Crippen LogP contribution in [0.2, 0.25) is 0 Å². The van der Waals surface area contributed by atoms with Crippen molar-refractivity contribution in [2.24, 2.45) is 11.8 Å². The summed E-state index contributed by atoms with van der Waals surface area (Å²) in [7, 11) is 0. The summed E-state index contributed by atoms with van der Waals surface area (Å²) in [5, 5.41) is 13.4. The SMILES string of the molecule is CC(C)CC(CC(=O)c1ccc(OCC(=O)N(Cc2nc(-c3ccccc3)no2)C(C)C)cc1)C(=O)O. The topological polar surface area (TPSA) is 123 Å². The number of carboxylic acid groups (broad SMARTS) is 1. The maximum atomic E-state index is 12.9. The second-order valence-corrected chi connectivity index (χ2v) is 9.60. The van der Waals surface area contributed by atoms with Gasteiger partial charge in [-0.3, -0.25) is 14.4 Å². The Morgan fingerprint density at radius 1 is 1.00 bits per heavy atom. The number of hydrogen-bond donors (Lipinski definition) is 1. The Hall–Kier alpha value is -4.01. The summed E-state index contributed by atoms with van der Waals surface area (Å²) in [6, 6.07) is 15.7. The lowest BCUT2D eigenvalue weighted by Gasteiger charge is -2.25. The van der Waals surface area contributed by atoms with Gasteiger partial charge in [0.25, 0.3) is 5.91 Å². The summed E-state index contributed by atoms with van der Waals surface area (Å²) >= 11 is 0. The fraction of sp³-hybridized carbons (Fsp3) is 0.393. The summed E-state index contributed by atoms with van der Waals surface area (Å²) in [5.74, 6) is -0.799. The largest absolute Gasteiger partial charge is 0.484 e. The summed E-state index contributed by atoms with van der Waals surface area (Å²) < 4.78 is 11.0. The van der Waals surface area contributed by atoms with E-state index in [9.17, 15) is 19.5 Å². The van der Waals surface area contributed by atoms with Gasteiger partial charge < -0.3 is 19.3 Å². The number of carboxylic acids is 1. The first-order valence-electron chi connectivity index (χ1n) is 12.3. The Balaban J connectivity index is 1.57. The van der Waals surface area contributed by atoms with Gasteiger partial charge in [-0.15, -0.1) is 0 Å². The number of ketones is 1. The molecular weight excluding hydrogens is 474 g/mol. The van der Waals surface area contributed by atoms with E-state index in [0.717, 1.165) is 5.56 Å². The fourth-order valence-corrected chi connectivity index (χ4v) is 3.88. The third-order valence-corrected chi connectivity index (χ3v) is 5.82. The van der Waals surface area contributed by atoms with Gasteiger partial charge in [-0.25, -0.2) is 0 Å². The molecule has 1 amide bonds. The maximum Gasteiger partial charge on any atom is 0.306 e. The molecule has 0 saturated carbocycles. The molecule has 0 bridgehead atoms. The number of amides is 1. The zero-order valence-corrected chi connectivity index (χ0v) is 21.6. The zero-order chi connectivity index (χ0) is 26.9. The second-order valence-electron chi connectivity index (χ2n) is 9.60. The van der Waals surface area contributed by atoms with Crippen LogP contribution in [0, 0.1) is 11.8 Å². The highest BCUT2D eigenvalue weighted by Crippen LogP contribution is 2.21. The van der Waals surface area contributed by atoms with Gasteiger partial charge in [0, 0.05) is 23.6 Å². The molecule has 0 radical (unpaired) electrons. The lowest BCUT2D eigenvalue weighted by atomic mass is 9.91. The molecule has 0 aliphatic heterocycles. The average Bonchev–Trinajstić information content (AvgIpc) is 3.34. The molecule has 1 aromatic heterocycles. The van der Waals surface area contributed by atoms with Crippen LogP contribution in [0.25, 0.3) is 11.4 Å². The quantitative estimate of drug-likeness (QED) is 0.325. The Morgan fingerprint density at radius 3 is 2.27 bits per heavy atom. The third-order valence-electron chi connectivity index (χ3n) is 5.82. The monoisotopic (exact) mass is 507 g/mol. The van der Waals surface area contributed by atoms with Crippen LogP contribution in [0.4, 0.5) is 0 Å². The normalized spacial score (nSPS) is 11.9. The number of nitrogens with zero attached hydrogens (tertiary/aromatic N) is 3. The highest BCUT2D eigenvalue weighted by Gasteiger charge is 2.24. The molecule has 3 rings (SSSR count). The first kappa shape index (κ1) is 27.6. The molecule has 9 nitrogen and oxygen atoms in total. The van der Waals surface area contributed by atoms with Gasteiger partial charge in [0.2, 0.25) is 11.7 Å². The van der Waals surface area contributed by atoms with Crippen molar-refractivity contribution in [2.45, 2.75) is 53.1 Å². The van der Waals surface area contributed by atoms with Crippen molar-refractivity contribution in [3.05, 3.63) is 66.1 Å². The molecule has 1 atom stereocenters. The highest BCUT2D eigenvalue weighted by atomic mass is 16.5. The van der Waals surface area contributed by atoms with Crippen LogP contribution >= 0.6 is 0 Å². The number of aliphatic carboxylic acids is 1. The summed E-state index contributed by atoms with van der Waals surface area (Å²) in [4.78, 5) is 42.9. The smallest absolute Gasteiger partial charge is 0.306 e. The Kier molecular flexibility index (Phi) is 9.54. The molecular formula is C28H33N3O6. The lowest BCUT2D eigenvalue weighted by molar-refractivity contribution is -0.142. The number of rotatable bonds is 13. The molecule has 0 spiro atoms. The van der Waals surface area contributed by atoms with Crippen molar-refractivity contribution < 1.29 is 28.8 Å². The van der Waals surface area contributed by atoms with E-state index < -0.39 is 11.9 Å². The van der Waals surface area contributed by atoms with Crippen LogP contribution in [0.15, 0.2) is 59.1 Å². The lowest BCUT2D eigenvalue weighted by Crippen LogP contribution is -2.39. The van der Waals surface area contributed by atoms with Gasteiger partial charge in [-0.2, -0.15) is 4.98 Å². The minimum Gasteiger partial charge on any atom is -0.484 e. The number of benzene rings is 2. The second kappa shape index (κ2) is 12.8. The Labute approximate surface area is 216 Å². The number of carbonyl (C=O) groups excluding carboxylic acids is 2. The van der Waals surface area contributed by atoms with Crippen molar-refractivity contribution in [2.75, 3.05) is 6.61 Å². The number of carbonyl (C=O) groups is 3. The van der Waals surface area contributed by atoms with Crippen molar-refractivity contribution in [3.63, 3.8) is 0 Å². The van der Waals surface area contributed by atoms with Crippen LogP contribution in [0.1, 0.15) is 56.8 Å². The van der Waals surface area contributed by atoms with E-state index in [2.05, 4.69) is 10.1 Å². The predicted molar refractivity (Wildman–Crippen MR) is 137 cm³/mol. The third kappa shape index (κ3) is 7.99. The molecule has 3 aromatic rings. The van der Waals surface area contributed by atoms with Crippen molar-refractivity contribution in [1.29, 1.82) is 0 Å². The first-order valence-corrected chi connectivity index (χ1v) is 12.3. The molecule has 37 heavy (non-hydrogen) atoms. The van der Waals surface area contributed by atoms with Crippen LogP contribution in [-0.2, 0) is 16.1 Å². The molecule has 1 unspecified atom stereocenters. The predicted octanol–water partition coefficient (Wildman–Crippen LogP) is 4.87. The minimum atomic E-state index is -0.966. The molecule has 0 saturated heterocycles. The fourth-order valence-electron chi connectivity index (χ4n) is 3.88. The van der Waals surface area contributed by atoms with Gasteiger partial charge in [0.1, 0.15) is 12.3 Å². The number of aromatic nitrogens is 2. The van der Waals surface area contributed by atoms with E-state index in [1.54, 1.807) is 29.2 Å². The Bertz CT molecular complexity index is 1190. The maximum absolute atomic E-state index is 12.9. The standard InChI is InChI=1S/C28H33N3O6/c1-18(2)14-22(28(34)35)15-24(32)20-10-12-23(13-11-20)36-17-26(33)31(19(3)4)16-25-29-27(30-37-25)21-8-6-5-7-9-21/h5-13,18-19,22H,14-17H2,1-4H3,(H,34,35). The summed E-state index contributed by atoms with van der Waals surface area (Å²) in [6.07, 6.45) is 0.380. The molecule has 2 aromatic carbocycles. The van der Waals surface area contributed by atoms with Gasteiger partial charge in [0.05, 0.1) is 5.92 Å². The van der Waals surface area contributed by atoms with E-state index in [4.69, 9.17) is 9.26 Å². The molecule has 1 heterocycles. The van der Waals surface area contributed by atoms with Crippen LogP contribution in [0.5, 0.6) is 5.75 Å². The minimum absolute atomic E-state index is 0.0583. The number of hydrogen-bond acceptors (Lipinski definition) is 7. The Morgan fingerprint density at radius 2 is 1.68 bits per heavy atom. The van der Waals surface area contributed by atoms with Crippen molar-refractivity contribution in [3.8, 4) is 17.1 Å². The molecule has 0 aliphatic carbocycles. The van der Waals surface area contributed by atoms with Crippen LogP contribution in [0.3, 0.4) is 0 Å². The van der Waals surface area contributed by atoms with Gasteiger partial charge in [-0.1, -0.05) is 49.3 Å². The molecule has 0 fully saturated rings. The van der Waals surface area contributed by atoms with E-state index in [1.165, 1.54) is 0 Å². The molecule has 0 aliphatic rings. The zero-order valence-electron chi connectivity index (χ0n) is 21.6. The highest BCUT2D eigenvalue weighted by molar-refractivity contribution is 5.98. The van der Waals surface area contributed by atoms with Crippen molar-refractivity contribution in [1.82, 2.24) is 15.0 Å². The van der Waals surface area contributed by atoms with Crippen LogP contribution < -0.4 is 4.74 Å². The summed E-state index contributed by atoms with van der Waals surface area (Å²) in [5.41, 5.74) is 1.23. The summed E-state index contributed by atoms with van der Waals surface area (Å²) in [6.45, 7) is 7.57.